The average Bonchev–Trinajstić information content (AvgIpc) is 2.48. The summed E-state index contributed by atoms with van der Waals surface area (Å²) < 4.78 is 4.96. The smallest absolute Gasteiger partial charge is 0.310 e. The number of nitrogens with one attached hydrogen (secondary N) is 1. The summed E-state index contributed by atoms with van der Waals surface area (Å²) in [6.07, 6.45) is -0.558. The second-order valence-electron chi connectivity index (χ2n) is 5.24. The summed E-state index contributed by atoms with van der Waals surface area (Å²) >= 11 is 0. The number of ether oxygens (including phenoxy) is 1. The van der Waals surface area contributed by atoms with Crippen LogP contribution in [0.15, 0.2) is 0 Å². The first kappa shape index (κ1) is 20.8. The van der Waals surface area contributed by atoms with Crippen LogP contribution < -0.4 is 5.32 Å². The molecule has 0 aliphatic heterocycles. The van der Waals surface area contributed by atoms with E-state index < -0.39 is 35.9 Å². The van der Waals surface area contributed by atoms with Gasteiger partial charge in [-0.15, -0.1) is 0 Å². The molecule has 0 aromatic heterocycles. The Labute approximate surface area is 134 Å². The van der Waals surface area contributed by atoms with E-state index >= 15 is 0 Å². The van der Waals surface area contributed by atoms with Gasteiger partial charge in [0.25, 0.3) is 0 Å². The standard InChI is InChI=1S/C15H23NO7/c1-4-11(15(22)23-10(3)9(2)18)7-13(19)16-12(8-17)5-6-14(20)21/h8,10-12H,4-7H2,1-3H3,(H,16,19)(H,20,21)/t10-,11-,12-/m0/s1. The molecule has 8 heteroatoms. The summed E-state index contributed by atoms with van der Waals surface area (Å²) in [4.78, 5) is 56.1. The summed E-state index contributed by atoms with van der Waals surface area (Å²) in [6.45, 7) is 4.43. The number of rotatable bonds is 11. The number of ketones is 1. The molecular weight excluding hydrogens is 306 g/mol. The molecule has 0 saturated heterocycles. The van der Waals surface area contributed by atoms with E-state index in [9.17, 15) is 24.0 Å². The van der Waals surface area contributed by atoms with Gasteiger partial charge in [0, 0.05) is 12.8 Å². The molecule has 0 radical (unpaired) electrons. The van der Waals surface area contributed by atoms with Crippen LogP contribution in [-0.2, 0) is 28.7 Å². The van der Waals surface area contributed by atoms with E-state index in [2.05, 4.69) is 5.32 Å². The Morgan fingerprint density at radius 3 is 2.30 bits per heavy atom. The minimum Gasteiger partial charge on any atom is -0.481 e. The lowest BCUT2D eigenvalue weighted by molar-refractivity contribution is -0.158. The maximum Gasteiger partial charge on any atom is 0.310 e. The van der Waals surface area contributed by atoms with E-state index in [0.29, 0.717) is 12.7 Å². The van der Waals surface area contributed by atoms with Gasteiger partial charge in [0.2, 0.25) is 5.91 Å². The summed E-state index contributed by atoms with van der Waals surface area (Å²) in [5.74, 6) is -3.31. The van der Waals surface area contributed by atoms with Crippen LogP contribution in [0.1, 0.15) is 46.5 Å². The number of hydrogen-bond acceptors (Lipinski definition) is 6. The molecule has 0 aliphatic rings. The second kappa shape index (κ2) is 10.5. The number of esters is 1. The van der Waals surface area contributed by atoms with Gasteiger partial charge in [-0.05, 0) is 26.7 Å². The predicted octanol–water partition coefficient (Wildman–Crippen LogP) is 0.472. The van der Waals surface area contributed by atoms with E-state index in [0.717, 1.165) is 0 Å². The number of carbonyl (C=O) groups is 5. The van der Waals surface area contributed by atoms with Crippen molar-refractivity contribution in [3.8, 4) is 0 Å². The zero-order valence-electron chi connectivity index (χ0n) is 13.5. The minimum absolute atomic E-state index is 0.0207. The molecule has 0 aromatic carbocycles. The molecule has 3 atom stereocenters. The van der Waals surface area contributed by atoms with Crippen LogP contribution in [0.3, 0.4) is 0 Å². The number of aldehydes is 1. The van der Waals surface area contributed by atoms with Gasteiger partial charge in [-0.3, -0.25) is 19.2 Å². The molecule has 0 fully saturated rings. The molecule has 130 valence electrons. The minimum atomic E-state index is -1.07. The number of amides is 1. The van der Waals surface area contributed by atoms with Crippen LogP contribution in [0.25, 0.3) is 0 Å². The number of hydrogen-bond donors (Lipinski definition) is 2. The van der Waals surface area contributed by atoms with E-state index in [1.165, 1.54) is 13.8 Å². The fourth-order valence-electron chi connectivity index (χ4n) is 1.69. The highest BCUT2D eigenvalue weighted by Crippen LogP contribution is 2.12. The van der Waals surface area contributed by atoms with Crippen molar-refractivity contribution < 1.29 is 33.8 Å². The van der Waals surface area contributed by atoms with Gasteiger partial charge in [-0.2, -0.15) is 0 Å². The third-order valence-corrected chi connectivity index (χ3v) is 3.30. The number of Topliss-reactive ketones (excluding diaryl/α,β-unsaturated/α-hetero) is 1. The Bertz CT molecular complexity index is 461. The van der Waals surface area contributed by atoms with E-state index in [-0.39, 0.29) is 25.0 Å². The SMILES string of the molecule is CC[C@@H](CC(=O)N[C@H](C=O)CCC(=O)O)C(=O)O[C@@H](C)C(C)=O. The third kappa shape index (κ3) is 8.70. The van der Waals surface area contributed by atoms with Gasteiger partial charge >= 0.3 is 11.9 Å². The predicted molar refractivity (Wildman–Crippen MR) is 79.5 cm³/mol. The normalized spacial score (nSPS) is 14.2. The number of carbonyl (C=O) groups excluding carboxylic acids is 4. The van der Waals surface area contributed by atoms with Gasteiger partial charge < -0.3 is 20.0 Å². The monoisotopic (exact) mass is 329 g/mol. The molecule has 2 N–H and O–H groups in total. The van der Waals surface area contributed by atoms with Crippen molar-refractivity contribution in [1.82, 2.24) is 5.32 Å². The van der Waals surface area contributed by atoms with Crippen LogP contribution in [0.5, 0.6) is 0 Å². The lowest BCUT2D eigenvalue weighted by Gasteiger charge is -2.18. The lowest BCUT2D eigenvalue weighted by atomic mass is 10.0. The largest absolute Gasteiger partial charge is 0.481 e. The van der Waals surface area contributed by atoms with Crippen molar-refractivity contribution >= 4 is 29.9 Å². The molecular formula is C15H23NO7. The first-order chi connectivity index (χ1) is 10.7. The van der Waals surface area contributed by atoms with Crippen LogP contribution in [-0.4, -0.2) is 47.2 Å². The average molecular weight is 329 g/mol. The van der Waals surface area contributed by atoms with Gasteiger partial charge in [0.15, 0.2) is 11.9 Å². The third-order valence-electron chi connectivity index (χ3n) is 3.30. The van der Waals surface area contributed by atoms with Crippen LogP contribution in [0.2, 0.25) is 0 Å². The second-order valence-corrected chi connectivity index (χ2v) is 5.24. The first-order valence-electron chi connectivity index (χ1n) is 7.38. The Balaban J connectivity index is 4.52. The molecule has 0 spiro atoms. The highest BCUT2D eigenvalue weighted by Gasteiger charge is 2.25. The number of aliphatic carboxylic acids is 1. The molecule has 0 heterocycles. The van der Waals surface area contributed by atoms with Crippen molar-refractivity contribution in [2.45, 2.75) is 58.6 Å². The molecule has 23 heavy (non-hydrogen) atoms. The molecule has 1 amide bonds. The van der Waals surface area contributed by atoms with Gasteiger partial charge in [0.05, 0.1) is 12.0 Å². The van der Waals surface area contributed by atoms with Crippen molar-refractivity contribution in [3.63, 3.8) is 0 Å². The van der Waals surface area contributed by atoms with Crippen LogP contribution in [0.4, 0.5) is 0 Å². The molecule has 0 aromatic rings. The van der Waals surface area contributed by atoms with E-state index in [1.54, 1.807) is 6.92 Å². The zero-order valence-corrected chi connectivity index (χ0v) is 13.5. The summed E-state index contributed by atoms with van der Waals surface area (Å²) in [5, 5.41) is 10.9. The first-order valence-corrected chi connectivity index (χ1v) is 7.38. The summed E-state index contributed by atoms with van der Waals surface area (Å²) in [7, 11) is 0. The van der Waals surface area contributed by atoms with Crippen LogP contribution in [0, 0.1) is 5.92 Å². The maximum absolute atomic E-state index is 11.9. The number of carboxylic acids is 1. The Kier molecular flexibility index (Phi) is 9.45. The molecule has 0 bridgehead atoms. The quantitative estimate of drug-likeness (QED) is 0.416. The highest BCUT2D eigenvalue weighted by atomic mass is 16.5. The fourth-order valence-corrected chi connectivity index (χ4v) is 1.69. The Morgan fingerprint density at radius 2 is 1.87 bits per heavy atom. The molecule has 0 rings (SSSR count). The zero-order chi connectivity index (χ0) is 18.0. The topological polar surface area (TPSA) is 127 Å². The van der Waals surface area contributed by atoms with Gasteiger partial charge in [-0.25, -0.2) is 0 Å². The fraction of sp³-hybridized carbons (Fsp3) is 0.667. The summed E-state index contributed by atoms with van der Waals surface area (Å²) in [5.41, 5.74) is 0. The molecule has 0 unspecified atom stereocenters. The maximum atomic E-state index is 11.9. The van der Waals surface area contributed by atoms with Gasteiger partial charge in [0.1, 0.15) is 6.29 Å². The Morgan fingerprint density at radius 1 is 1.26 bits per heavy atom. The highest BCUT2D eigenvalue weighted by molar-refractivity contribution is 5.87. The van der Waals surface area contributed by atoms with Crippen molar-refractivity contribution in [2.24, 2.45) is 5.92 Å². The van der Waals surface area contributed by atoms with Crippen LogP contribution >= 0.6 is 0 Å². The Hall–Kier alpha value is -2.25. The summed E-state index contributed by atoms with van der Waals surface area (Å²) in [6, 6.07) is -0.914. The van der Waals surface area contributed by atoms with Crippen molar-refractivity contribution in [1.29, 1.82) is 0 Å². The van der Waals surface area contributed by atoms with Crippen molar-refractivity contribution in [2.75, 3.05) is 0 Å². The van der Waals surface area contributed by atoms with E-state index in [1.807, 2.05) is 0 Å². The van der Waals surface area contributed by atoms with Gasteiger partial charge in [-0.1, -0.05) is 6.92 Å². The lowest BCUT2D eigenvalue weighted by Crippen LogP contribution is -2.38. The molecule has 8 nitrogen and oxygen atoms in total. The molecule has 0 saturated carbocycles. The number of carboxylic acid groups (broad SMARTS) is 1. The molecule has 0 aliphatic carbocycles. The van der Waals surface area contributed by atoms with E-state index in [4.69, 9.17) is 9.84 Å². The van der Waals surface area contributed by atoms with Crippen molar-refractivity contribution in [3.05, 3.63) is 0 Å².